The summed E-state index contributed by atoms with van der Waals surface area (Å²) < 4.78 is 7.73. The Morgan fingerprint density at radius 1 is 1.28 bits per heavy atom. The van der Waals surface area contributed by atoms with Gasteiger partial charge in [0.1, 0.15) is 11.5 Å². The number of imidazole rings is 1. The number of aromatic nitrogens is 2. The van der Waals surface area contributed by atoms with Crippen molar-refractivity contribution in [3.8, 4) is 0 Å². The smallest absolute Gasteiger partial charge is 0.117 e. The average molecular weight is 247 g/mol. The molecule has 98 valence electrons. The van der Waals surface area contributed by atoms with E-state index in [4.69, 9.17) is 4.42 Å². The molecule has 0 fully saturated rings. The molecule has 0 saturated heterocycles. The molecule has 0 aliphatic carbocycles. The lowest BCUT2D eigenvalue weighted by molar-refractivity contribution is 0.446. The highest BCUT2D eigenvalue weighted by atomic mass is 16.3. The summed E-state index contributed by atoms with van der Waals surface area (Å²) in [6, 6.07) is 4.10. The Balaban J connectivity index is 1.53. The molecule has 0 saturated carbocycles. The summed E-state index contributed by atoms with van der Waals surface area (Å²) in [5, 5.41) is 3.40. The van der Waals surface area contributed by atoms with E-state index < -0.39 is 0 Å². The molecule has 0 aliphatic heterocycles. The van der Waals surface area contributed by atoms with Gasteiger partial charge in [0.15, 0.2) is 0 Å². The summed E-state index contributed by atoms with van der Waals surface area (Å²) >= 11 is 0. The number of unbranched alkanes of at least 4 members (excludes halogenated alkanes) is 1. The third-order valence-electron chi connectivity index (χ3n) is 2.94. The molecule has 4 nitrogen and oxygen atoms in total. The van der Waals surface area contributed by atoms with Crippen LogP contribution < -0.4 is 5.32 Å². The van der Waals surface area contributed by atoms with E-state index in [9.17, 15) is 0 Å². The van der Waals surface area contributed by atoms with E-state index in [-0.39, 0.29) is 0 Å². The molecule has 0 aliphatic rings. The number of aryl methyl sites for hydroxylation is 2. The minimum absolute atomic E-state index is 0.824. The van der Waals surface area contributed by atoms with Crippen LogP contribution in [0.4, 0.5) is 0 Å². The van der Waals surface area contributed by atoms with Gasteiger partial charge in [0.2, 0.25) is 0 Å². The summed E-state index contributed by atoms with van der Waals surface area (Å²) in [4.78, 5) is 4.02. The maximum Gasteiger partial charge on any atom is 0.117 e. The standard InChI is InChI=1S/C14H21N3O/c1-2-13-5-6-14(18-13)11-15-7-3-4-9-17-10-8-16-12-17/h5-6,8,10,12,15H,2-4,7,9,11H2,1H3. The first-order chi connectivity index (χ1) is 8.88. The van der Waals surface area contributed by atoms with E-state index in [0.717, 1.165) is 37.6 Å². The van der Waals surface area contributed by atoms with Crippen LogP contribution in [-0.2, 0) is 19.5 Å². The SMILES string of the molecule is CCc1ccc(CNCCCCn2ccnc2)o1. The van der Waals surface area contributed by atoms with E-state index in [1.54, 1.807) is 0 Å². The molecule has 2 heterocycles. The van der Waals surface area contributed by atoms with Crippen LogP contribution in [0.1, 0.15) is 31.3 Å². The first-order valence-electron chi connectivity index (χ1n) is 6.62. The predicted octanol–water partition coefficient (Wildman–Crippen LogP) is 2.61. The Hall–Kier alpha value is -1.55. The minimum atomic E-state index is 0.824. The highest BCUT2D eigenvalue weighted by molar-refractivity contribution is 5.06. The van der Waals surface area contributed by atoms with Crippen molar-refractivity contribution in [2.45, 2.75) is 39.3 Å². The fourth-order valence-electron chi connectivity index (χ4n) is 1.88. The molecule has 2 aromatic heterocycles. The molecule has 0 radical (unpaired) electrons. The van der Waals surface area contributed by atoms with Gasteiger partial charge in [0.05, 0.1) is 12.9 Å². The minimum Gasteiger partial charge on any atom is -0.465 e. The third-order valence-corrected chi connectivity index (χ3v) is 2.94. The topological polar surface area (TPSA) is 43.0 Å². The second-order valence-electron chi connectivity index (χ2n) is 4.41. The summed E-state index contributed by atoms with van der Waals surface area (Å²) in [7, 11) is 0. The van der Waals surface area contributed by atoms with E-state index in [0.29, 0.717) is 0 Å². The van der Waals surface area contributed by atoms with Crippen LogP contribution in [0.25, 0.3) is 0 Å². The van der Waals surface area contributed by atoms with E-state index >= 15 is 0 Å². The van der Waals surface area contributed by atoms with Crippen LogP contribution in [0.15, 0.2) is 35.3 Å². The van der Waals surface area contributed by atoms with Crippen molar-refractivity contribution in [2.75, 3.05) is 6.54 Å². The summed E-state index contributed by atoms with van der Waals surface area (Å²) in [6.45, 7) is 5.00. The number of nitrogens with zero attached hydrogens (tertiary/aromatic N) is 2. The lowest BCUT2D eigenvalue weighted by Crippen LogP contribution is -2.14. The second kappa shape index (κ2) is 7.01. The Labute approximate surface area is 108 Å². The van der Waals surface area contributed by atoms with Gasteiger partial charge in [-0.2, -0.15) is 0 Å². The van der Waals surface area contributed by atoms with Crippen LogP contribution in [0, 0.1) is 0 Å². The summed E-state index contributed by atoms with van der Waals surface area (Å²) in [5.41, 5.74) is 0. The number of furan rings is 1. The Morgan fingerprint density at radius 3 is 2.89 bits per heavy atom. The number of hydrogen-bond donors (Lipinski definition) is 1. The van der Waals surface area contributed by atoms with Gasteiger partial charge in [-0.1, -0.05) is 6.92 Å². The second-order valence-corrected chi connectivity index (χ2v) is 4.41. The first-order valence-corrected chi connectivity index (χ1v) is 6.62. The highest BCUT2D eigenvalue weighted by Crippen LogP contribution is 2.07. The molecule has 0 spiro atoms. The first kappa shape index (κ1) is 12.9. The maximum absolute atomic E-state index is 5.62. The number of rotatable bonds is 8. The zero-order chi connectivity index (χ0) is 12.6. The zero-order valence-electron chi connectivity index (χ0n) is 10.9. The van der Waals surface area contributed by atoms with Crippen LogP contribution >= 0.6 is 0 Å². The van der Waals surface area contributed by atoms with Gasteiger partial charge in [-0.15, -0.1) is 0 Å². The third kappa shape index (κ3) is 4.04. The van der Waals surface area contributed by atoms with Crippen molar-refractivity contribution < 1.29 is 4.42 Å². The van der Waals surface area contributed by atoms with Gasteiger partial charge < -0.3 is 14.3 Å². The van der Waals surface area contributed by atoms with Crippen LogP contribution in [0.5, 0.6) is 0 Å². The zero-order valence-corrected chi connectivity index (χ0v) is 10.9. The van der Waals surface area contributed by atoms with Crippen molar-refractivity contribution in [1.82, 2.24) is 14.9 Å². The molecule has 4 heteroatoms. The van der Waals surface area contributed by atoms with E-state index in [2.05, 4.69) is 33.9 Å². The van der Waals surface area contributed by atoms with Crippen molar-refractivity contribution >= 4 is 0 Å². The molecule has 2 rings (SSSR count). The molecule has 0 atom stereocenters. The maximum atomic E-state index is 5.62. The fourth-order valence-corrected chi connectivity index (χ4v) is 1.88. The molecular formula is C14H21N3O. The van der Waals surface area contributed by atoms with Crippen molar-refractivity contribution in [3.63, 3.8) is 0 Å². The normalized spacial score (nSPS) is 10.9. The summed E-state index contributed by atoms with van der Waals surface area (Å²) in [6.07, 6.45) is 8.98. The van der Waals surface area contributed by atoms with E-state index in [1.807, 2.05) is 18.7 Å². The quantitative estimate of drug-likeness (QED) is 0.729. The van der Waals surface area contributed by atoms with Crippen molar-refractivity contribution in [3.05, 3.63) is 42.4 Å². The van der Waals surface area contributed by atoms with E-state index in [1.165, 1.54) is 12.8 Å². The average Bonchev–Trinajstić information content (AvgIpc) is 3.04. The predicted molar refractivity (Wildman–Crippen MR) is 71.3 cm³/mol. The van der Waals surface area contributed by atoms with Gasteiger partial charge in [0, 0.05) is 25.4 Å². The monoisotopic (exact) mass is 247 g/mol. The fraction of sp³-hybridized carbons (Fsp3) is 0.500. The molecule has 1 N–H and O–H groups in total. The van der Waals surface area contributed by atoms with Crippen molar-refractivity contribution in [2.24, 2.45) is 0 Å². The number of nitrogens with one attached hydrogen (secondary N) is 1. The molecule has 2 aromatic rings. The summed E-state index contributed by atoms with van der Waals surface area (Å²) in [5.74, 6) is 2.09. The molecule has 0 bridgehead atoms. The largest absolute Gasteiger partial charge is 0.465 e. The Bertz CT molecular complexity index is 434. The molecule has 0 amide bonds. The molecule has 0 unspecified atom stereocenters. The number of hydrogen-bond acceptors (Lipinski definition) is 3. The Kier molecular flexibility index (Phi) is 5.02. The van der Waals surface area contributed by atoms with Crippen LogP contribution in [0.3, 0.4) is 0 Å². The lowest BCUT2D eigenvalue weighted by atomic mass is 10.3. The Morgan fingerprint density at radius 2 is 2.17 bits per heavy atom. The van der Waals surface area contributed by atoms with Crippen LogP contribution in [0.2, 0.25) is 0 Å². The molecule has 0 aromatic carbocycles. The van der Waals surface area contributed by atoms with Gasteiger partial charge in [0.25, 0.3) is 0 Å². The van der Waals surface area contributed by atoms with Gasteiger partial charge >= 0.3 is 0 Å². The highest BCUT2D eigenvalue weighted by Gasteiger charge is 1.99. The lowest BCUT2D eigenvalue weighted by Gasteiger charge is -2.03. The van der Waals surface area contributed by atoms with Gasteiger partial charge in [-0.25, -0.2) is 4.98 Å². The van der Waals surface area contributed by atoms with Gasteiger partial charge in [-0.05, 0) is 31.5 Å². The van der Waals surface area contributed by atoms with Gasteiger partial charge in [-0.3, -0.25) is 0 Å². The molecular weight excluding hydrogens is 226 g/mol. The van der Waals surface area contributed by atoms with Crippen LogP contribution in [-0.4, -0.2) is 16.1 Å². The molecule has 18 heavy (non-hydrogen) atoms. The van der Waals surface area contributed by atoms with Crippen molar-refractivity contribution in [1.29, 1.82) is 0 Å².